The quantitative estimate of drug-likeness (QED) is 0.792. The number of carbonyl (C=O) groups excluding carboxylic acids is 1. The number of hydrogen-bond acceptors (Lipinski definition) is 2. The molecule has 1 aliphatic heterocycles. The monoisotopic (exact) mass is 364 g/mol. The van der Waals surface area contributed by atoms with Crippen LogP contribution in [-0.2, 0) is 0 Å². The van der Waals surface area contributed by atoms with Gasteiger partial charge in [0.15, 0.2) is 0 Å². The van der Waals surface area contributed by atoms with Gasteiger partial charge in [0.1, 0.15) is 0 Å². The van der Waals surface area contributed by atoms with E-state index in [1.807, 2.05) is 6.07 Å². The van der Waals surface area contributed by atoms with Crippen LogP contribution in [0.25, 0.3) is 0 Å². The summed E-state index contributed by atoms with van der Waals surface area (Å²) in [5.41, 5.74) is 0.553. The van der Waals surface area contributed by atoms with Crippen LogP contribution in [0.15, 0.2) is 18.2 Å². The molecule has 1 unspecified atom stereocenters. The van der Waals surface area contributed by atoms with Gasteiger partial charge in [0.25, 0.3) is 5.91 Å². The molecular weight excluding hydrogens is 351 g/mol. The first-order chi connectivity index (χ1) is 8.16. The highest BCUT2D eigenvalue weighted by Gasteiger charge is 2.17. The molecule has 0 bridgehead atoms. The highest BCUT2D eigenvalue weighted by Crippen LogP contribution is 2.19. The molecule has 1 aromatic carbocycles. The fourth-order valence-corrected chi connectivity index (χ4v) is 2.85. The highest BCUT2D eigenvalue weighted by atomic mass is 127. The van der Waals surface area contributed by atoms with Crippen LogP contribution in [0.1, 0.15) is 23.2 Å². The molecule has 3 nitrogen and oxygen atoms in total. The average molecular weight is 365 g/mol. The Morgan fingerprint density at radius 2 is 2.35 bits per heavy atom. The van der Waals surface area contributed by atoms with Crippen molar-refractivity contribution in [1.82, 2.24) is 10.6 Å². The average Bonchev–Trinajstić information content (AvgIpc) is 2.30. The lowest BCUT2D eigenvalue weighted by atomic mass is 10.1. The minimum absolute atomic E-state index is 0.0832. The van der Waals surface area contributed by atoms with Crippen molar-refractivity contribution in [2.75, 3.05) is 13.1 Å². The van der Waals surface area contributed by atoms with Crippen molar-refractivity contribution in [1.29, 1.82) is 0 Å². The Kier molecular flexibility index (Phi) is 4.64. The van der Waals surface area contributed by atoms with Crippen LogP contribution in [0.2, 0.25) is 5.02 Å². The predicted molar refractivity (Wildman–Crippen MR) is 77.5 cm³/mol. The van der Waals surface area contributed by atoms with E-state index in [1.54, 1.807) is 12.1 Å². The van der Waals surface area contributed by atoms with Crippen molar-refractivity contribution in [3.8, 4) is 0 Å². The fraction of sp³-hybridized carbons (Fsp3) is 0.417. The molecule has 0 spiro atoms. The maximum atomic E-state index is 12.0. The van der Waals surface area contributed by atoms with Crippen molar-refractivity contribution in [2.24, 2.45) is 0 Å². The van der Waals surface area contributed by atoms with Crippen molar-refractivity contribution in [3.05, 3.63) is 32.4 Å². The van der Waals surface area contributed by atoms with Crippen molar-refractivity contribution >= 4 is 40.1 Å². The van der Waals surface area contributed by atoms with E-state index in [1.165, 1.54) is 0 Å². The number of carbonyl (C=O) groups is 1. The van der Waals surface area contributed by atoms with Crippen LogP contribution < -0.4 is 10.6 Å². The Morgan fingerprint density at radius 3 is 3.00 bits per heavy atom. The lowest BCUT2D eigenvalue weighted by molar-refractivity contribution is 0.0931. The van der Waals surface area contributed by atoms with Crippen molar-refractivity contribution in [2.45, 2.75) is 18.9 Å². The molecule has 1 fully saturated rings. The first-order valence-electron chi connectivity index (χ1n) is 5.63. The molecule has 1 amide bonds. The van der Waals surface area contributed by atoms with E-state index in [0.717, 1.165) is 29.5 Å². The molecule has 1 aromatic rings. The summed E-state index contributed by atoms with van der Waals surface area (Å²) in [4.78, 5) is 12.0. The van der Waals surface area contributed by atoms with E-state index in [-0.39, 0.29) is 11.9 Å². The minimum atomic E-state index is -0.0832. The molecule has 1 heterocycles. The molecule has 0 saturated carbocycles. The van der Waals surface area contributed by atoms with Crippen LogP contribution in [-0.4, -0.2) is 25.0 Å². The Hall–Kier alpha value is -0.330. The van der Waals surface area contributed by atoms with E-state index in [0.29, 0.717) is 10.6 Å². The fourth-order valence-electron chi connectivity index (χ4n) is 1.91. The standard InChI is InChI=1S/C12H14ClIN2O/c13-11-6-8(14)3-4-10(11)12(17)16-9-2-1-5-15-7-9/h3-4,6,9,15H,1-2,5,7H2,(H,16,17). The van der Waals surface area contributed by atoms with Crippen LogP contribution >= 0.6 is 34.2 Å². The van der Waals surface area contributed by atoms with Gasteiger partial charge in [-0.05, 0) is 60.2 Å². The smallest absolute Gasteiger partial charge is 0.253 e. The van der Waals surface area contributed by atoms with Gasteiger partial charge in [0.2, 0.25) is 0 Å². The molecule has 2 rings (SSSR count). The minimum Gasteiger partial charge on any atom is -0.348 e. The number of halogens is 2. The van der Waals surface area contributed by atoms with E-state index >= 15 is 0 Å². The van der Waals surface area contributed by atoms with E-state index < -0.39 is 0 Å². The molecule has 1 aliphatic rings. The summed E-state index contributed by atoms with van der Waals surface area (Å²) in [5, 5.41) is 6.79. The van der Waals surface area contributed by atoms with Gasteiger partial charge in [0.05, 0.1) is 10.6 Å². The second-order valence-corrected chi connectivity index (χ2v) is 5.79. The Balaban J connectivity index is 2.03. The Labute approximate surface area is 119 Å². The summed E-state index contributed by atoms with van der Waals surface area (Å²) in [6.07, 6.45) is 2.13. The van der Waals surface area contributed by atoms with Gasteiger partial charge in [-0.1, -0.05) is 11.6 Å². The summed E-state index contributed by atoms with van der Waals surface area (Å²) in [5.74, 6) is -0.0832. The third kappa shape index (κ3) is 3.56. The summed E-state index contributed by atoms with van der Waals surface area (Å²) in [6, 6.07) is 5.68. The normalized spacial score (nSPS) is 20.0. The van der Waals surface area contributed by atoms with Gasteiger partial charge in [-0.3, -0.25) is 4.79 Å². The Morgan fingerprint density at radius 1 is 1.53 bits per heavy atom. The molecule has 0 aromatic heterocycles. The second kappa shape index (κ2) is 6.02. The van der Waals surface area contributed by atoms with Gasteiger partial charge in [0, 0.05) is 16.2 Å². The SMILES string of the molecule is O=C(NC1CCCNC1)c1ccc(I)cc1Cl. The number of rotatable bonds is 2. The number of nitrogens with one attached hydrogen (secondary N) is 2. The Bertz CT molecular complexity index is 419. The van der Waals surface area contributed by atoms with Gasteiger partial charge < -0.3 is 10.6 Å². The molecule has 0 aliphatic carbocycles. The first-order valence-corrected chi connectivity index (χ1v) is 7.09. The van der Waals surface area contributed by atoms with Gasteiger partial charge >= 0.3 is 0 Å². The first kappa shape index (κ1) is 13.1. The third-order valence-corrected chi connectivity index (χ3v) is 3.79. The van der Waals surface area contributed by atoms with Crippen LogP contribution in [0.3, 0.4) is 0 Å². The van der Waals surface area contributed by atoms with E-state index in [9.17, 15) is 4.79 Å². The summed E-state index contributed by atoms with van der Waals surface area (Å²) >= 11 is 8.24. The van der Waals surface area contributed by atoms with Gasteiger partial charge in [-0.2, -0.15) is 0 Å². The molecule has 17 heavy (non-hydrogen) atoms. The zero-order chi connectivity index (χ0) is 12.3. The lowest BCUT2D eigenvalue weighted by Gasteiger charge is -2.24. The molecule has 1 saturated heterocycles. The van der Waals surface area contributed by atoms with Crippen molar-refractivity contribution in [3.63, 3.8) is 0 Å². The number of benzene rings is 1. The molecule has 2 N–H and O–H groups in total. The molecule has 0 radical (unpaired) electrons. The number of amides is 1. The maximum Gasteiger partial charge on any atom is 0.253 e. The molecular formula is C12H14ClIN2O. The summed E-state index contributed by atoms with van der Waals surface area (Å²) in [6.45, 7) is 1.88. The predicted octanol–water partition coefficient (Wildman–Crippen LogP) is 2.43. The van der Waals surface area contributed by atoms with Crippen molar-refractivity contribution < 1.29 is 4.79 Å². The lowest BCUT2D eigenvalue weighted by Crippen LogP contribution is -2.45. The zero-order valence-electron chi connectivity index (χ0n) is 9.30. The van der Waals surface area contributed by atoms with Gasteiger partial charge in [-0.15, -0.1) is 0 Å². The topological polar surface area (TPSA) is 41.1 Å². The van der Waals surface area contributed by atoms with E-state index in [2.05, 4.69) is 33.2 Å². The molecule has 1 atom stereocenters. The number of piperidine rings is 1. The van der Waals surface area contributed by atoms with Crippen LogP contribution in [0.5, 0.6) is 0 Å². The van der Waals surface area contributed by atoms with E-state index in [4.69, 9.17) is 11.6 Å². The van der Waals surface area contributed by atoms with Crippen LogP contribution in [0.4, 0.5) is 0 Å². The molecule has 5 heteroatoms. The summed E-state index contributed by atoms with van der Waals surface area (Å²) in [7, 11) is 0. The summed E-state index contributed by atoms with van der Waals surface area (Å²) < 4.78 is 1.03. The highest BCUT2D eigenvalue weighted by molar-refractivity contribution is 14.1. The maximum absolute atomic E-state index is 12.0. The number of hydrogen-bond donors (Lipinski definition) is 2. The third-order valence-electron chi connectivity index (χ3n) is 2.81. The molecule has 92 valence electrons. The largest absolute Gasteiger partial charge is 0.348 e. The van der Waals surface area contributed by atoms with Crippen LogP contribution in [0, 0.1) is 3.57 Å². The zero-order valence-corrected chi connectivity index (χ0v) is 12.2. The van der Waals surface area contributed by atoms with Gasteiger partial charge in [-0.25, -0.2) is 0 Å². The second-order valence-electron chi connectivity index (χ2n) is 4.14.